The van der Waals surface area contributed by atoms with E-state index in [1.54, 1.807) is 24.4 Å². The first-order valence-electron chi connectivity index (χ1n) is 7.70. The molecule has 25 heavy (non-hydrogen) atoms. The summed E-state index contributed by atoms with van der Waals surface area (Å²) in [6.07, 6.45) is -0.0912. The molecule has 1 amide bonds. The second-order valence-corrected chi connectivity index (χ2v) is 6.12. The number of carbonyl (C=O) groups is 2. The maximum Gasteiger partial charge on any atom is 0.305 e. The molecule has 0 fully saturated rings. The minimum atomic E-state index is -0.935. The third kappa shape index (κ3) is 4.00. The maximum absolute atomic E-state index is 12.4. The van der Waals surface area contributed by atoms with Gasteiger partial charge in [0.05, 0.1) is 6.42 Å². The van der Waals surface area contributed by atoms with Crippen molar-refractivity contribution in [2.24, 2.45) is 0 Å². The predicted molar refractivity (Wildman–Crippen MR) is 91.8 cm³/mol. The van der Waals surface area contributed by atoms with Gasteiger partial charge in [0.1, 0.15) is 5.69 Å². The number of benzene rings is 1. The fourth-order valence-corrected chi connectivity index (χ4v) is 3.03. The molecule has 0 unspecified atom stereocenters. The number of ether oxygens (including phenoxy) is 2. The lowest BCUT2D eigenvalue weighted by atomic mass is 10.3. The van der Waals surface area contributed by atoms with Gasteiger partial charge in [-0.1, -0.05) is 0 Å². The molecule has 1 aliphatic rings. The normalized spacial score (nSPS) is 12.0. The van der Waals surface area contributed by atoms with Crippen molar-refractivity contribution in [2.75, 3.05) is 25.2 Å². The number of carboxylic acids is 1. The van der Waals surface area contributed by atoms with Crippen molar-refractivity contribution < 1.29 is 24.2 Å². The monoisotopic (exact) mass is 363 g/mol. The molecule has 132 valence electrons. The smallest absolute Gasteiger partial charge is 0.305 e. The second kappa shape index (κ2) is 7.39. The van der Waals surface area contributed by atoms with Gasteiger partial charge < -0.3 is 24.8 Å². The minimum Gasteiger partial charge on any atom is -0.481 e. The highest BCUT2D eigenvalue weighted by atomic mass is 32.1. The van der Waals surface area contributed by atoms with E-state index < -0.39 is 5.97 Å². The fourth-order valence-electron chi connectivity index (χ4n) is 2.32. The van der Waals surface area contributed by atoms with Gasteiger partial charge in [0.25, 0.3) is 5.91 Å². The number of hydrogen-bond donors (Lipinski definition) is 2. The molecule has 0 aliphatic carbocycles. The van der Waals surface area contributed by atoms with E-state index in [1.165, 1.54) is 16.2 Å². The zero-order valence-corrected chi connectivity index (χ0v) is 14.3. The number of rotatable bonds is 7. The summed E-state index contributed by atoms with van der Waals surface area (Å²) in [7, 11) is 0. The van der Waals surface area contributed by atoms with Crippen LogP contribution in [-0.4, -0.2) is 46.7 Å². The van der Waals surface area contributed by atoms with E-state index >= 15 is 0 Å². The van der Waals surface area contributed by atoms with E-state index in [1.807, 2.05) is 6.07 Å². The molecule has 0 saturated carbocycles. The highest BCUT2D eigenvalue weighted by Gasteiger charge is 2.19. The largest absolute Gasteiger partial charge is 0.481 e. The number of thiazole rings is 1. The molecule has 1 aliphatic heterocycles. The zero-order chi connectivity index (χ0) is 17.8. The summed E-state index contributed by atoms with van der Waals surface area (Å²) >= 11 is 1.30. The molecule has 0 bridgehead atoms. The Morgan fingerprint density at radius 3 is 2.92 bits per heavy atom. The topological polar surface area (TPSA) is 101 Å². The van der Waals surface area contributed by atoms with Crippen LogP contribution < -0.4 is 14.8 Å². The Bertz CT molecular complexity index is 792. The van der Waals surface area contributed by atoms with Crippen LogP contribution in [0.5, 0.6) is 11.5 Å². The Labute approximate surface area is 148 Å². The van der Waals surface area contributed by atoms with Crippen molar-refractivity contribution >= 4 is 34.0 Å². The summed E-state index contributed by atoms with van der Waals surface area (Å²) in [4.78, 5) is 28.9. The van der Waals surface area contributed by atoms with Crippen molar-refractivity contribution in [3.8, 4) is 11.5 Å². The van der Waals surface area contributed by atoms with Crippen LogP contribution >= 0.6 is 11.3 Å². The zero-order valence-electron chi connectivity index (χ0n) is 13.5. The number of hydrogen-bond acceptors (Lipinski definition) is 7. The van der Waals surface area contributed by atoms with Gasteiger partial charge in [-0.05, 0) is 19.1 Å². The van der Waals surface area contributed by atoms with Crippen LogP contribution in [0.3, 0.4) is 0 Å². The molecule has 0 atom stereocenters. The van der Waals surface area contributed by atoms with Crippen LogP contribution in [0, 0.1) is 0 Å². The number of aliphatic carboxylic acids is 1. The van der Waals surface area contributed by atoms with Gasteiger partial charge in [-0.2, -0.15) is 0 Å². The molecule has 0 saturated heterocycles. The quantitative estimate of drug-likeness (QED) is 0.779. The Balaban J connectivity index is 1.67. The van der Waals surface area contributed by atoms with Crippen molar-refractivity contribution in [2.45, 2.75) is 13.3 Å². The first-order chi connectivity index (χ1) is 12.1. The van der Waals surface area contributed by atoms with Crippen LogP contribution in [0.15, 0.2) is 23.6 Å². The third-order valence-electron chi connectivity index (χ3n) is 3.61. The van der Waals surface area contributed by atoms with Crippen LogP contribution in [-0.2, 0) is 4.79 Å². The lowest BCUT2D eigenvalue weighted by Gasteiger charge is -2.18. The van der Waals surface area contributed by atoms with E-state index in [0.29, 0.717) is 28.9 Å². The lowest BCUT2D eigenvalue weighted by molar-refractivity contribution is -0.137. The Morgan fingerprint density at radius 2 is 2.16 bits per heavy atom. The van der Waals surface area contributed by atoms with Gasteiger partial charge >= 0.3 is 5.97 Å². The van der Waals surface area contributed by atoms with Crippen LogP contribution in [0.2, 0.25) is 0 Å². The minimum absolute atomic E-state index is 0.0912. The van der Waals surface area contributed by atoms with Crippen molar-refractivity contribution in [1.82, 2.24) is 9.88 Å². The van der Waals surface area contributed by atoms with E-state index in [9.17, 15) is 9.59 Å². The van der Waals surface area contributed by atoms with Crippen molar-refractivity contribution in [1.29, 1.82) is 0 Å². The van der Waals surface area contributed by atoms with E-state index in [2.05, 4.69) is 10.3 Å². The molecule has 2 aromatic rings. The lowest BCUT2D eigenvalue weighted by Crippen LogP contribution is -2.33. The molecule has 0 spiro atoms. The molecule has 2 heterocycles. The number of aromatic nitrogens is 1. The van der Waals surface area contributed by atoms with Crippen LogP contribution in [0.1, 0.15) is 23.8 Å². The first-order valence-corrected chi connectivity index (χ1v) is 8.58. The number of amides is 1. The third-order valence-corrected chi connectivity index (χ3v) is 4.37. The number of carbonyl (C=O) groups excluding carboxylic acids is 1. The summed E-state index contributed by atoms with van der Waals surface area (Å²) in [5, 5.41) is 14.1. The predicted octanol–water partition coefficient (Wildman–Crippen LogP) is 2.55. The molecule has 1 aromatic heterocycles. The first kappa shape index (κ1) is 17.0. The number of nitrogens with one attached hydrogen (secondary N) is 1. The highest BCUT2D eigenvalue weighted by molar-refractivity contribution is 7.14. The average molecular weight is 363 g/mol. The van der Waals surface area contributed by atoms with Crippen LogP contribution in [0.4, 0.5) is 10.8 Å². The number of nitrogens with zero attached hydrogens (tertiary/aromatic N) is 2. The van der Waals surface area contributed by atoms with E-state index in [0.717, 1.165) is 5.69 Å². The Morgan fingerprint density at radius 1 is 1.36 bits per heavy atom. The molecular formula is C16H17N3O5S. The molecule has 1 aromatic carbocycles. The summed E-state index contributed by atoms with van der Waals surface area (Å²) in [5.41, 5.74) is 1.07. The van der Waals surface area contributed by atoms with Gasteiger partial charge in [0.15, 0.2) is 16.6 Å². The Hall–Kier alpha value is -2.81. The Kier molecular flexibility index (Phi) is 5.03. The average Bonchev–Trinajstić information content (AvgIpc) is 3.23. The summed E-state index contributed by atoms with van der Waals surface area (Å²) in [6, 6.07) is 5.44. The van der Waals surface area contributed by atoms with Gasteiger partial charge in [-0.25, -0.2) is 4.98 Å². The maximum atomic E-state index is 12.4. The molecule has 3 rings (SSSR count). The molecule has 0 radical (unpaired) electrons. The summed E-state index contributed by atoms with van der Waals surface area (Å²) in [5.74, 6) is 0.134. The number of carboxylic acid groups (broad SMARTS) is 1. The van der Waals surface area contributed by atoms with Gasteiger partial charge in [0.2, 0.25) is 6.79 Å². The SMILES string of the molecule is CCN(CCC(=O)O)C(=O)c1csc(Nc2ccc3c(c2)OCO3)n1. The van der Waals surface area contributed by atoms with E-state index in [4.69, 9.17) is 14.6 Å². The molecule has 9 heteroatoms. The summed E-state index contributed by atoms with van der Waals surface area (Å²) < 4.78 is 10.6. The van der Waals surface area contributed by atoms with Crippen molar-refractivity contribution in [3.63, 3.8) is 0 Å². The second-order valence-electron chi connectivity index (χ2n) is 5.26. The highest BCUT2D eigenvalue weighted by Crippen LogP contribution is 2.35. The van der Waals surface area contributed by atoms with Crippen LogP contribution in [0.25, 0.3) is 0 Å². The van der Waals surface area contributed by atoms with Gasteiger partial charge in [0, 0.05) is 30.2 Å². The molecular weight excluding hydrogens is 346 g/mol. The summed E-state index contributed by atoms with van der Waals surface area (Å²) in [6.45, 7) is 2.59. The number of anilines is 2. The number of fused-ring (bicyclic) bond motifs is 1. The van der Waals surface area contributed by atoms with Crippen molar-refractivity contribution in [3.05, 3.63) is 29.3 Å². The van der Waals surface area contributed by atoms with Gasteiger partial charge in [-0.3, -0.25) is 9.59 Å². The molecule has 8 nitrogen and oxygen atoms in total. The van der Waals surface area contributed by atoms with E-state index in [-0.39, 0.29) is 25.7 Å². The van der Waals surface area contributed by atoms with Gasteiger partial charge in [-0.15, -0.1) is 11.3 Å². The standard InChI is InChI=1S/C16H17N3O5S/c1-2-19(6-5-14(20)21)15(22)11-8-25-16(18-11)17-10-3-4-12-13(7-10)24-9-23-12/h3-4,7-8H,2,5-6,9H2,1H3,(H,17,18)(H,20,21). The molecule has 2 N–H and O–H groups in total. The fraction of sp³-hybridized carbons (Fsp3) is 0.312.